The van der Waals surface area contributed by atoms with Crippen molar-refractivity contribution in [1.82, 2.24) is 5.32 Å². The highest BCUT2D eigenvalue weighted by Gasteiger charge is 2.45. The number of hydrogen-bond acceptors (Lipinski definition) is 2. The molecular formula is C13H22N2O. The van der Waals surface area contributed by atoms with E-state index in [1.807, 2.05) is 13.8 Å². The van der Waals surface area contributed by atoms with Crippen LogP contribution in [0.4, 0.5) is 0 Å². The van der Waals surface area contributed by atoms with Gasteiger partial charge in [0, 0.05) is 5.92 Å². The van der Waals surface area contributed by atoms with Crippen molar-refractivity contribution < 1.29 is 4.79 Å². The van der Waals surface area contributed by atoms with Gasteiger partial charge in [0.25, 0.3) is 0 Å². The first-order valence-electron chi connectivity index (χ1n) is 6.38. The summed E-state index contributed by atoms with van der Waals surface area (Å²) in [6, 6.07) is 2.19. The van der Waals surface area contributed by atoms with E-state index < -0.39 is 5.54 Å². The molecule has 0 spiro atoms. The van der Waals surface area contributed by atoms with Crippen LogP contribution in [0.15, 0.2) is 0 Å². The number of rotatable bonds is 2. The number of nitrogens with zero attached hydrogens (tertiary/aromatic N) is 1. The standard InChI is InChI=1S/C11H16N2O.C2H6/c1-8-2-3-9(6-8)10(14)13-11(7-12)4-5-11;1-2/h8-9H,2-6H2,1H3,(H,13,14);1-2H3. The number of nitriles is 1. The maximum atomic E-state index is 11.7. The zero-order valence-corrected chi connectivity index (χ0v) is 10.5. The molecule has 0 aliphatic heterocycles. The largest absolute Gasteiger partial charge is 0.338 e. The molecule has 0 radical (unpaired) electrons. The summed E-state index contributed by atoms with van der Waals surface area (Å²) in [5.74, 6) is 0.937. The van der Waals surface area contributed by atoms with Gasteiger partial charge < -0.3 is 5.32 Å². The molecule has 3 nitrogen and oxygen atoms in total. The minimum absolute atomic E-state index is 0.105. The van der Waals surface area contributed by atoms with E-state index in [0.717, 1.165) is 32.1 Å². The summed E-state index contributed by atoms with van der Waals surface area (Å²) in [7, 11) is 0. The predicted octanol–water partition coefficient (Wildman–Crippen LogP) is 2.62. The van der Waals surface area contributed by atoms with Crippen molar-refractivity contribution in [3.05, 3.63) is 0 Å². The van der Waals surface area contributed by atoms with Gasteiger partial charge in [-0.25, -0.2) is 0 Å². The lowest BCUT2D eigenvalue weighted by Gasteiger charge is -2.13. The zero-order valence-electron chi connectivity index (χ0n) is 10.5. The van der Waals surface area contributed by atoms with Gasteiger partial charge in [0.15, 0.2) is 0 Å². The molecule has 1 amide bonds. The van der Waals surface area contributed by atoms with Crippen LogP contribution in [-0.4, -0.2) is 11.4 Å². The maximum absolute atomic E-state index is 11.7. The van der Waals surface area contributed by atoms with Crippen LogP contribution in [0, 0.1) is 23.2 Å². The molecule has 0 aromatic heterocycles. The Morgan fingerprint density at radius 3 is 2.38 bits per heavy atom. The monoisotopic (exact) mass is 222 g/mol. The SMILES string of the molecule is CC.CC1CCC(C(=O)NC2(C#N)CC2)C1. The molecule has 1 N–H and O–H groups in total. The molecule has 2 unspecified atom stereocenters. The molecule has 0 heterocycles. The van der Waals surface area contributed by atoms with Gasteiger partial charge in [0.05, 0.1) is 6.07 Å². The Labute approximate surface area is 98.2 Å². The third kappa shape index (κ3) is 2.98. The zero-order chi connectivity index (χ0) is 12.2. The molecule has 0 bridgehead atoms. The van der Waals surface area contributed by atoms with E-state index in [9.17, 15) is 4.79 Å². The molecule has 0 aromatic rings. The first-order valence-corrected chi connectivity index (χ1v) is 6.38. The maximum Gasteiger partial charge on any atom is 0.224 e. The number of amides is 1. The third-order valence-electron chi connectivity index (χ3n) is 3.39. The second kappa shape index (κ2) is 5.34. The summed E-state index contributed by atoms with van der Waals surface area (Å²) in [6.45, 7) is 6.18. The molecule has 2 atom stereocenters. The van der Waals surface area contributed by atoms with Crippen LogP contribution in [0.5, 0.6) is 0 Å². The van der Waals surface area contributed by atoms with Crippen molar-refractivity contribution >= 4 is 5.91 Å². The van der Waals surface area contributed by atoms with Crippen LogP contribution >= 0.6 is 0 Å². The minimum atomic E-state index is -0.483. The molecule has 2 aliphatic carbocycles. The molecule has 0 saturated heterocycles. The van der Waals surface area contributed by atoms with E-state index >= 15 is 0 Å². The fourth-order valence-electron chi connectivity index (χ4n) is 2.17. The lowest BCUT2D eigenvalue weighted by Crippen LogP contribution is -2.39. The third-order valence-corrected chi connectivity index (χ3v) is 3.39. The fourth-order valence-corrected chi connectivity index (χ4v) is 2.17. The molecule has 90 valence electrons. The quantitative estimate of drug-likeness (QED) is 0.780. The topological polar surface area (TPSA) is 52.9 Å². The molecule has 0 aromatic carbocycles. The van der Waals surface area contributed by atoms with Gasteiger partial charge >= 0.3 is 0 Å². The first-order chi connectivity index (χ1) is 7.65. The fraction of sp³-hybridized carbons (Fsp3) is 0.846. The van der Waals surface area contributed by atoms with Gasteiger partial charge in [-0.15, -0.1) is 0 Å². The van der Waals surface area contributed by atoms with E-state index in [4.69, 9.17) is 5.26 Å². The van der Waals surface area contributed by atoms with E-state index in [-0.39, 0.29) is 11.8 Å². The van der Waals surface area contributed by atoms with E-state index in [1.54, 1.807) is 0 Å². The van der Waals surface area contributed by atoms with E-state index in [1.165, 1.54) is 0 Å². The van der Waals surface area contributed by atoms with Gasteiger partial charge in [-0.1, -0.05) is 20.8 Å². The van der Waals surface area contributed by atoms with Crippen molar-refractivity contribution in [3.8, 4) is 6.07 Å². The van der Waals surface area contributed by atoms with Gasteiger partial charge in [-0.2, -0.15) is 5.26 Å². The Kier molecular flexibility index (Phi) is 4.35. The highest BCUT2D eigenvalue weighted by atomic mass is 16.2. The highest BCUT2D eigenvalue weighted by molar-refractivity contribution is 5.80. The van der Waals surface area contributed by atoms with Gasteiger partial charge in [0.1, 0.15) is 5.54 Å². The van der Waals surface area contributed by atoms with Crippen LogP contribution < -0.4 is 5.32 Å². The highest BCUT2D eigenvalue weighted by Crippen LogP contribution is 2.36. The average Bonchev–Trinajstić information content (AvgIpc) is 2.94. The van der Waals surface area contributed by atoms with Crippen LogP contribution in [-0.2, 0) is 4.79 Å². The Morgan fingerprint density at radius 2 is 2.00 bits per heavy atom. The summed E-state index contributed by atoms with van der Waals surface area (Å²) >= 11 is 0. The minimum Gasteiger partial charge on any atom is -0.338 e. The van der Waals surface area contributed by atoms with Crippen molar-refractivity contribution in [2.75, 3.05) is 0 Å². The lowest BCUT2D eigenvalue weighted by atomic mass is 10.0. The van der Waals surface area contributed by atoms with Crippen molar-refractivity contribution in [1.29, 1.82) is 5.26 Å². The van der Waals surface area contributed by atoms with Crippen molar-refractivity contribution in [3.63, 3.8) is 0 Å². The van der Waals surface area contributed by atoms with Crippen molar-refractivity contribution in [2.24, 2.45) is 11.8 Å². The van der Waals surface area contributed by atoms with Crippen LogP contribution in [0.2, 0.25) is 0 Å². The summed E-state index contributed by atoms with van der Waals surface area (Å²) in [4.78, 5) is 11.7. The van der Waals surface area contributed by atoms with Crippen LogP contribution in [0.1, 0.15) is 52.9 Å². The smallest absolute Gasteiger partial charge is 0.224 e. The second-order valence-electron chi connectivity index (χ2n) is 4.80. The Balaban J connectivity index is 0.000000606. The normalized spacial score (nSPS) is 29.6. The molecule has 3 heteroatoms. The Hall–Kier alpha value is -1.04. The average molecular weight is 222 g/mol. The summed E-state index contributed by atoms with van der Waals surface area (Å²) < 4.78 is 0. The Morgan fingerprint density at radius 1 is 1.38 bits per heavy atom. The predicted molar refractivity (Wildman–Crippen MR) is 63.6 cm³/mol. The molecule has 2 fully saturated rings. The molecule has 16 heavy (non-hydrogen) atoms. The first kappa shape index (κ1) is 13.0. The lowest BCUT2D eigenvalue weighted by molar-refractivity contribution is -0.125. The van der Waals surface area contributed by atoms with Crippen molar-refractivity contribution in [2.45, 2.75) is 58.4 Å². The molecule has 2 rings (SSSR count). The van der Waals surface area contributed by atoms with Gasteiger partial charge in [0.2, 0.25) is 5.91 Å². The van der Waals surface area contributed by atoms with Gasteiger partial charge in [-0.3, -0.25) is 4.79 Å². The summed E-state index contributed by atoms with van der Waals surface area (Å²) in [5, 5.41) is 11.7. The van der Waals surface area contributed by atoms with Crippen LogP contribution in [0.3, 0.4) is 0 Å². The number of carbonyl (C=O) groups is 1. The summed E-state index contributed by atoms with van der Waals surface area (Å²) in [6.07, 6.45) is 4.80. The van der Waals surface area contributed by atoms with E-state index in [2.05, 4.69) is 18.3 Å². The second-order valence-corrected chi connectivity index (χ2v) is 4.80. The number of carbonyl (C=O) groups excluding carboxylic acids is 1. The Bertz CT molecular complexity index is 289. The number of nitrogens with one attached hydrogen (secondary N) is 1. The van der Waals surface area contributed by atoms with E-state index in [0.29, 0.717) is 5.92 Å². The van der Waals surface area contributed by atoms with Gasteiger partial charge in [-0.05, 0) is 38.0 Å². The summed E-state index contributed by atoms with van der Waals surface area (Å²) in [5.41, 5.74) is -0.483. The molecule has 2 aliphatic rings. The van der Waals surface area contributed by atoms with Crippen LogP contribution in [0.25, 0.3) is 0 Å². The number of hydrogen-bond donors (Lipinski definition) is 1. The molecule has 2 saturated carbocycles. The molecular weight excluding hydrogens is 200 g/mol.